The molecule has 0 amide bonds. The van der Waals surface area contributed by atoms with E-state index in [0.717, 1.165) is 45.9 Å². The molecule has 9 heteroatoms. The molecule has 0 aromatic heterocycles. The molecule has 0 radical (unpaired) electrons. The minimum absolute atomic E-state index is 0.277. The first-order valence-corrected chi connectivity index (χ1v) is 14.2. The van der Waals surface area contributed by atoms with Crippen molar-refractivity contribution in [3.63, 3.8) is 0 Å². The summed E-state index contributed by atoms with van der Waals surface area (Å²) in [6.45, 7) is 3.69. The molecule has 0 unspecified atom stereocenters. The van der Waals surface area contributed by atoms with Gasteiger partial charge in [0.15, 0.2) is 0 Å². The molecule has 38 heavy (non-hydrogen) atoms. The average molecular weight is 534 g/mol. The van der Waals surface area contributed by atoms with Gasteiger partial charge in [0.05, 0.1) is 6.61 Å². The first-order chi connectivity index (χ1) is 18.3. The van der Waals surface area contributed by atoms with Crippen molar-refractivity contribution < 1.29 is 23.1 Å². The molecule has 3 aromatic carbocycles. The van der Waals surface area contributed by atoms with Gasteiger partial charge in [-0.25, -0.2) is 0 Å². The predicted molar refractivity (Wildman–Crippen MR) is 148 cm³/mol. The van der Waals surface area contributed by atoms with Gasteiger partial charge >= 0.3 is 5.97 Å². The van der Waals surface area contributed by atoms with E-state index in [0.29, 0.717) is 13.1 Å². The summed E-state index contributed by atoms with van der Waals surface area (Å²) < 4.78 is 34.2. The number of hydrogen-bond donors (Lipinski definition) is 2. The van der Waals surface area contributed by atoms with Crippen LogP contribution in [0.1, 0.15) is 30.9 Å². The Hall–Kier alpha value is -3.58. The highest BCUT2D eigenvalue weighted by Gasteiger charge is 2.29. The number of carboxylic acid groups (broad SMARTS) is 1. The number of hydrogen-bond acceptors (Lipinski definition) is 5. The van der Waals surface area contributed by atoms with E-state index >= 15 is 0 Å². The predicted octanol–water partition coefficient (Wildman–Crippen LogP) is 3.46. The molecular formula is C29H31N3O5S. The van der Waals surface area contributed by atoms with Crippen LogP contribution in [-0.2, 0) is 15.0 Å². The zero-order chi connectivity index (χ0) is 26.7. The topological polar surface area (TPSA) is 99.2 Å². The summed E-state index contributed by atoms with van der Waals surface area (Å²) in [5.41, 5.74) is 2.83. The second-order valence-corrected chi connectivity index (χ2v) is 11.5. The Kier molecular flexibility index (Phi) is 7.56. The van der Waals surface area contributed by atoms with Crippen molar-refractivity contribution in [3.05, 3.63) is 71.8 Å². The molecule has 2 fully saturated rings. The van der Waals surface area contributed by atoms with Crippen molar-refractivity contribution in [2.45, 2.75) is 25.8 Å². The third kappa shape index (κ3) is 6.45. The SMILES string of the molecule is C[C@@H](NS(=O)(=O)N1CCN(c2ccc(C#Cc3ccc4cc(OCC5CC5)ccc4c3)cc2)CC1)C(=O)O. The Morgan fingerprint density at radius 1 is 0.974 bits per heavy atom. The largest absolute Gasteiger partial charge is 0.493 e. The molecule has 1 heterocycles. The van der Waals surface area contributed by atoms with Gasteiger partial charge in [0, 0.05) is 43.0 Å². The highest BCUT2D eigenvalue weighted by Crippen LogP contribution is 2.30. The summed E-state index contributed by atoms with van der Waals surface area (Å²) >= 11 is 0. The molecule has 2 aliphatic rings. The fourth-order valence-electron chi connectivity index (χ4n) is 4.32. The van der Waals surface area contributed by atoms with Gasteiger partial charge in [-0.05, 0) is 85.0 Å². The van der Waals surface area contributed by atoms with Crippen LogP contribution in [0.4, 0.5) is 5.69 Å². The summed E-state index contributed by atoms with van der Waals surface area (Å²) in [5, 5.41) is 11.2. The molecular weight excluding hydrogens is 502 g/mol. The number of benzene rings is 3. The number of ether oxygens (including phenoxy) is 1. The number of nitrogens with one attached hydrogen (secondary N) is 1. The van der Waals surface area contributed by atoms with E-state index in [2.05, 4.69) is 45.7 Å². The van der Waals surface area contributed by atoms with Gasteiger partial charge in [0.2, 0.25) is 0 Å². The highest BCUT2D eigenvalue weighted by atomic mass is 32.2. The number of rotatable bonds is 8. The van der Waals surface area contributed by atoms with Crippen molar-refractivity contribution in [1.29, 1.82) is 0 Å². The minimum atomic E-state index is -3.84. The van der Waals surface area contributed by atoms with Crippen LogP contribution < -0.4 is 14.4 Å². The van der Waals surface area contributed by atoms with Gasteiger partial charge in [-0.15, -0.1) is 0 Å². The van der Waals surface area contributed by atoms with Crippen molar-refractivity contribution in [1.82, 2.24) is 9.03 Å². The van der Waals surface area contributed by atoms with Crippen LogP contribution in [0.2, 0.25) is 0 Å². The Morgan fingerprint density at radius 3 is 2.29 bits per heavy atom. The summed E-state index contributed by atoms with van der Waals surface area (Å²) in [6.07, 6.45) is 2.55. The van der Waals surface area contributed by atoms with E-state index in [9.17, 15) is 13.2 Å². The van der Waals surface area contributed by atoms with E-state index in [1.54, 1.807) is 0 Å². The summed E-state index contributed by atoms with van der Waals surface area (Å²) in [5.74, 6) is 6.90. The Labute approximate surface area is 223 Å². The Bertz CT molecular complexity index is 1480. The fraction of sp³-hybridized carbons (Fsp3) is 0.345. The van der Waals surface area contributed by atoms with Gasteiger partial charge in [-0.2, -0.15) is 17.4 Å². The van der Waals surface area contributed by atoms with Crippen LogP contribution in [-0.4, -0.2) is 62.6 Å². The van der Waals surface area contributed by atoms with Crippen LogP contribution in [0.3, 0.4) is 0 Å². The van der Waals surface area contributed by atoms with Crippen molar-refractivity contribution in [2.24, 2.45) is 5.92 Å². The average Bonchev–Trinajstić information content (AvgIpc) is 3.75. The second-order valence-electron chi connectivity index (χ2n) is 9.84. The van der Waals surface area contributed by atoms with Crippen LogP contribution in [0.15, 0.2) is 60.7 Å². The molecule has 8 nitrogen and oxygen atoms in total. The lowest BCUT2D eigenvalue weighted by Crippen LogP contribution is -2.54. The quantitative estimate of drug-likeness (QED) is 0.431. The monoisotopic (exact) mass is 533 g/mol. The second kappa shape index (κ2) is 11.0. The maximum atomic E-state index is 12.4. The van der Waals surface area contributed by atoms with Crippen LogP contribution in [0, 0.1) is 17.8 Å². The summed E-state index contributed by atoms with van der Waals surface area (Å²) in [6, 6.07) is 19.1. The van der Waals surface area contributed by atoms with Gasteiger partial charge in [-0.1, -0.05) is 24.0 Å². The first kappa shape index (κ1) is 26.0. The number of carboxylic acids is 1. The number of aliphatic carboxylic acids is 1. The third-order valence-corrected chi connectivity index (χ3v) is 8.55. The lowest BCUT2D eigenvalue weighted by Gasteiger charge is -2.35. The van der Waals surface area contributed by atoms with Gasteiger partial charge < -0.3 is 14.7 Å². The Morgan fingerprint density at radius 2 is 1.61 bits per heavy atom. The van der Waals surface area contributed by atoms with Crippen molar-refractivity contribution in [3.8, 4) is 17.6 Å². The number of piperazine rings is 1. The molecule has 2 N–H and O–H groups in total. The lowest BCUT2D eigenvalue weighted by molar-refractivity contribution is -0.138. The van der Waals surface area contributed by atoms with E-state index in [-0.39, 0.29) is 13.1 Å². The van der Waals surface area contributed by atoms with E-state index < -0.39 is 22.2 Å². The number of carbonyl (C=O) groups is 1. The van der Waals surface area contributed by atoms with Crippen LogP contribution in [0.5, 0.6) is 5.75 Å². The van der Waals surface area contributed by atoms with E-state index in [1.807, 2.05) is 36.4 Å². The van der Waals surface area contributed by atoms with Crippen LogP contribution >= 0.6 is 0 Å². The van der Waals surface area contributed by atoms with Crippen molar-refractivity contribution >= 4 is 32.6 Å². The molecule has 1 aliphatic carbocycles. The summed E-state index contributed by atoms with van der Waals surface area (Å²) in [4.78, 5) is 13.1. The normalized spacial score (nSPS) is 17.0. The summed E-state index contributed by atoms with van der Waals surface area (Å²) in [7, 11) is -3.84. The smallest absolute Gasteiger partial charge is 0.321 e. The van der Waals surface area contributed by atoms with Crippen molar-refractivity contribution in [2.75, 3.05) is 37.7 Å². The third-order valence-electron chi connectivity index (χ3n) is 6.85. The first-order valence-electron chi connectivity index (χ1n) is 12.8. The van der Waals surface area contributed by atoms with Gasteiger partial charge in [0.1, 0.15) is 11.8 Å². The standard InChI is InChI=1S/C29H31N3O5S/c1-21(29(33)34)30-38(35,36)32-16-14-31(15-17-32)27-11-7-22(8-12-27)2-3-23-6-9-26-19-28(13-10-25(26)18-23)37-20-24-4-5-24/h6-13,18-19,21,24,30H,4-5,14-17,20H2,1H3,(H,33,34)/t21-/m1/s1. The molecule has 1 saturated heterocycles. The molecule has 0 bridgehead atoms. The highest BCUT2D eigenvalue weighted by molar-refractivity contribution is 7.87. The van der Waals surface area contributed by atoms with Gasteiger partial charge in [0.25, 0.3) is 10.2 Å². The minimum Gasteiger partial charge on any atom is -0.493 e. The zero-order valence-electron chi connectivity index (χ0n) is 21.3. The van der Waals surface area contributed by atoms with E-state index in [1.165, 1.54) is 24.1 Å². The number of anilines is 1. The fourth-order valence-corrected chi connectivity index (χ4v) is 5.67. The maximum absolute atomic E-state index is 12.4. The molecule has 5 rings (SSSR count). The molecule has 3 aromatic rings. The molecule has 1 atom stereocenters. The molecule has 0 spiro atoms. The molecule has 1 aliphatic heterocycles. The molecule has 1 saturated carbocycles. The number of fused-ring (bicyclic) bond motifs is 1. The van der Waals surface area contributed by atoms with E-state index in [4.69, 9.17) is 9.84 Å². The van der Waals surface area contributed by atoms with Crippen LogP contribution in [0.25, 0.3) is 10.8 Å². The number of nitrogens with zero attached hydrogens (tertiary/aromatic N) is 2. The van der Waals surface area contributed by atoms with Gasteiger partial charge in [-0.3, -0.25) is 4.79 Å². The zero-order valence-corrected chi connectivity index (χ0v) is 22.1. The Balaban J connectivity index is 1.18. The lowest BCUT2D eigenvalue weighted by atomic mass is 10.1. The molecule has 198 valence electrons. The maximum Gasteiger partial charge on any atom is 0.321 e.